The lowest BCUT2D eigenvalue weighted by Gasteiger charge is -2.21. The highest BCUT2D eigenvalue weighted by Crippen LogP contribution is 2.35. The Kier molecular flexibility index (Phi) is 3.48. The topological polar surface area (TPSA) is 88.1 Å². The summed E-state index contributed by atoms with van der Waals surface area (Å²) in [5.41, 5.74) is 2.06. The second-order valence-corrected chi connectivity index (χ2v) is 6.03. The minimum absolute atomic E-state index is 0.0365. The molecule has 114 valence electrons. The third kappa shape index (κ3) is 2.19. The number of hydrazone groups is 1. The van der Waals surface area contributed by atoms with E-state index in [0.29, 0.717) is 5.69 Å². The Balaban J connectivity index is 1.89. The number of anilines is 1. The van der Waals surface area contributed by atoms with Crippen LogP contribution in [-0.4, -0.2) is 36.1 Å². The van der Waals surface area contributed by atoms with Gasteiger partial charge in [0.05, 0.1) is 19.2 Å². The summed E-state index contributed by atoms with van der Waals surface area (Å²) >= 11 is 3.31. The summed E-state index contributed by atoms with van der Waals surface area (Å²) in [6.07, 6.45) is -0.0168. The Morgan fingerprint density at radius 2 is 2.18 bits per heavy atom. The van der Waals surface area contributed by atoms with Crippen molar-refractivity contribution in [3.63, 3.8) is 0 Å². The van der Waals surface area contributed by atoms with E-state index in [-0.39, 0.29) is 24.5 Å². The first-order valence-corrected chi connectivity index (χ1v) is 7.31. The van der Waals surface area contributed by atoms with Gasteiger partial charge in [0.15, 0.2) is 0 Å². The van der Waals surface area contributed by atoms with Crippen LogP contribution in [0.1, 0.15) is 12.8 Å². The van der Waals surface area contributed by atoms with Crippen LogP contribution in [0.2, 0.25) is 0 Å². The number of benzene rings is 1. The number of halogens is 1. The van der Waals surface area contributed by atoms with Gasteiger partial charge in [0.2, 0.25) is 5.91 Å². The highest BCUT2D eigenvalue weighted by molar-refractivity contribution is 9.10. The van der Waals surface area contributed by atoms with Gasteiger partial charge in [-0.15, -0.1) is 0 Å². The van der Waals surface area contributed by atoms with Crippen molar-refractivity contribution < 1.29 is 19.1 Å². The highest BCUT2D eigenvalue weighted by atomic mass is 79.9. The van der Waals surface area contributed by atoms with E-state index in [2.05, 4.69) is 31.2 Å². The van der Waals surface area contributed by atoms with Crippen LogP contribution in [0.15, 0.2) is 33.8 Å². The molecule has 1 aromatic rings. The largest absolute Gasteiger partial charge is 0.464 e. The van der Waals surface area contributed by atoms with E-state index in [4.69, 9.17) is 0 Å². The minimum atomic E-state index is -1.19. The molecule has 2 amide bonds. The number of nitrogens with one attached hydrogen (secondary N) is 1. The number of hydrogen-bond donors (Lipinski definition) is 1. The molecule has 2 heterocycles. The molecule has 0 bridgehead atoms. The number of methoxy groups -OCH3 is 1. The molecule has 1 N–H and O–H groups in total. The number of imide groups is 1. The molecular weight excluding hydrogens is 354 g/mol. The molecule has 0 aliphatic carbocycles. The van der Waals surface area contributed by atoms with Gasteiger partial charge in [-0.1, -0.05) is 22.0 Å². The lowest BCUT2D eigenvalue weighted by molar-refractivity contribution is -0.132. The van der Waals surface area contributed by atoms with Gasteiger partial charge in [0.25, 0.3) is 5.91 Å². The second kappa shape index (κ2) is 5.20. The van der Waals surface area contributed by atoms with Gasteiger partial charge in [-0.25, -0.2) is 9.69 Å². The molecule has 1 saturated heterocycles. The summed E-state index contributed by atoms with van der Waals surface area (Å²) in [7, 11) is 1.24. The third-order valence-corrected chi connectivity index (χ3v) is 4.17. The van der Waals surface area contributed by atoms with Crippen molar-refractivity contribution in [1.29, 1.82) is 0 Å². The summed E-state index contributed by atoms with van der Waals surface area (Å²) in [6.45, 7) is 0. The van der Waals surface area contributed by atoms with E-state index in [1.807, 2.05) is 0 Å². The van der Waals surface area contributed by atoms with Gasteiger partial charge in [0.1, 0.15) is 11.3 Å². The second-order valence-electron chi connectivity index (χ2n) is 5.11. The van der Waals surface area contributed by atoms with Crippen LogP contribution in [0.25, 0.3) is 0 Å². The normalized spacial score (nSPS) is 23.7. The molecule has 22 heavy (non-hydrogen) atoms. The number of rotatable bonds is 2. The van der Waals surface area contributed by atoms with Crippen LogP contribution in [-0.2, 0) is 19.1 Å². The quantitative estimate of drug-likeness (QED) is 0.623. The standard InChI is InChI=1S/C14H12BrN3O4/c1-22-12(20)10-6-14(17-16-10)7-11(19)18(13(14)21)9-4-2-3-8(15)5-9/h2-5,17H,6-7H2,1H3/t14-/m1/s1. The van der Waals surface area contributed by atoms with Gasteiger partial charge in [-0.05, 0) is 18.2 Å². The summed E-state index contributed by atoms with van der Waals surface area (Å²) in [5, 5.41) is 3.86. The molecular formula is C14H12BrN3O4. The molecule has 0 unspecified atom stereocenters. The third-order valence-electron chi connectivity index (χ3n) is 3.68. The Bertz CT molecular complexity index is 718. The van der Waals surface area contributed by atoms with Crippen LogP contribution < -0.4 is 10.3 Å². The SMILES string of the molecule is COC(=O)C1=NN[C@@]2(CC(=O)N(c3cccc(Br)c3)C2=O)C1. The Labute approximate surface area is 134 Å². The molecule has 1 atom stereocenters. The fourth-order valence-corrected chi connectivity index (χ4v) is 3.00. The minimum Gasteiger partial charge on any atom is -0.464 e. The molecule has 7 nitrogen and oxygen atoms in total. The average Bonchev–Trinajstić information content (AvgIpc) is 3.01. The monoisotopic (exact) mass is 365 g/mol. The predicted molar refractivity (Wildman–Crippen MR) is 81.2 cm³/mol. The molecule has 2 aliphatic rings. The molecule has 1 spiro atoms. The molecule has 8 heteroatoms. The van der Waals surface area contributed by atoms with Gasteiger partial charge in [-0.2, -0.15) is 5.10 Å². The van der Waals surface area contributed by atoms with E-state index in [0.717, 1.165) is 9.37 Å². The average molecular weight is 366 g/mol. The van der Waals surface area contributed by atoms with E-state index in [1.165, 1.54) is 7.11 Å². The number of carbonyl (C=O) groups is 3. The number of esters is 1. The van der Waals surface area contributed by atoms with Crippen LogP contribution in [0.5, 0.6) is 0 Å². The predicted octanol–water partition coefficient (Wildman–Crippen LogP) is 0.973. The Hall–Kier alpha value is -2.22. The molecule has 1 aromatic carbocycles. The number of nitrogens with zero attached hydrogens (tertiary/aromatic N) is 2. The summed E-state index contributed by atoms with van der Waals surface area (Å²) in [6, 6.07) is 6.91. The first kappa shape index (κ1) is 14.7. The van der Waals surface area contributed by atoms with Crippen molar-refractivity contribution in [3.05, 3.63) is 28.7 Å². The maximum Gasteiger partial charge on any atom is 0.354 e. The summed E-state index contributed by atoms with van der Waals surface area (Å²) in [5.74, 6) is -1.36. The van der Waals surface area contributed by atoms with Crippen molar-refractivity contribution in [2.45, 2.75) is 18.4 Å². The van der Waals surface area contributed by atoms with Gasteiger partial charge in [0, 0.05) is 10.9 Å². The van der Waals surface area contributed by atoms with Gasteiger partial charge >= 0.3 is 5.97 Å². The lowest BCUT2D eigenvalue weighted by Crippen LogP contribution is -2.47. The molecule has 0 radical (unpaired) electrons. The van der Waals surface area contributed by atoms with Crippen LogP contribution in [0.3, 0.4) is 0 Å². The molecule has 3 rings (SSSR count). The van der Waals surface area contributed by atoms with Crippen LogP contribution in [0, 0.1) is 0 Å². The zero-order valence-electron chi connectivity index (χ0n) is 11.6. The molecule has 0 saturated carbocycles. The molecule has 2 aliphatic heterocycles. The highest BCUT2D eigenvalue weighted by Gasteiger charge is 2.56. The summed E-state index contributed by atoms with van der Waals surface area (Å²) in [4.78, 5) is 37.6. The van der Waals surface area contributed by atoms with Gasteiger partial charge in [-0.3, -0.25) is 15.0 Å². The number of amides is 2. The zero-order chi connectivity index (χ0) is 15.9. The number of carbonyl (C=O) groups excluding carboxylic acids is 3. The Morgan fingerprint density at radius 1 is 1.41 bits per heavy atom. The van der Waals surface area contributed by atoms with E-state index < -0.39 is 17.4 Å². The number of ether oxygens (including phenoxy) is 1. The van der Waals surface area contributed by atoms with Crippen molar-refractivity contribution in [2.75, 3.05) is 12.0 Å². The van der Waals surface area contributed by atoms with Crippen LogP contribution >= 0.6 is 15.9 Å². The Morgan fingerprint density at radius 3 is 2.86 bits per heavy atom. The zero-order valence-corrected chi connectivity index (χ0v) is 13.2. The smallest absolute Gasteiger partial charge is 0.354 e. The maximum absolute atomic E-state index is 12.7. The van der Waals surface area contributed by atoms with Crippen molar-refractivity contribution in [3.8, 4) is 0 Å². The van der Waals surface area contributed by atoms with Crippen LogP contribution in [0.4, 0.5) is 5.69 Å². The van der Waals surface area contributed by atoms with Crippen molar-refractivity contribution in [2.24, 2.45) is 5.10 Å². The van der Waals surface area contributed by atoms with Crippen molar-refractivity contribution >= 4 is 45.1 Å². The van der Waals surface area contributed by atoms with E-state index in [9.17, 15) is 14.4 Å². The first-order valence-electron chi connectivity index (χ1n) is 6.52. The van der Waals surface area contributed by atoms with E-state index in [1.54, 1.807) is 24.3 Å². The number of hydrogen-bond acceptors (Lipinski definition) is 6. The lowest BCUT2D eigenvalue weighted by atomic mass is 9.93. The fourth-order valence-electron chi connectivity index (χ4n) is 2.62. The van der Waals surface area contributed by atoms with Gasteiger partial charge < -0.3 is 4.74 Å². The van der Waals surface area contributed by atoms with E-state index >= 15 is 0 Å². The summed E-state index contributed by atoms with van der Waals surface area (Å²) < 4.78 is 5.36. The van der Waals surface area contributed by atoms with Crippen molar-refractivity contribution in [1.82, 2.24) is 5.43 Å². The molecule has 1 fully saturated rings. The molecule has 0 aromatic heterocycles. The first-order chi connectivity index (χ1) is 10.5. The maximum atomic E-state index is 12.7. The fraction of sp³-hybridized carbons (Fsp3) is 0.286.